The molecular weight excluding hydrogens is 219 g/mol. The third-order valence-electron chi connectivity index (χ3n) is 2.35. The molecule has 6 nitrogen and oxygen atoms in total. The second-order valence-corrected chi connectivity index (χ2v) is 7.36. The van der Waals surface area contributed by atoms with Crippen molar-refractivity contribution in [1.82, 2.24) is 25.1 Å². The topological polar surface area (TPSA) is 50.3 Å². The number of nitrogens with zero attached hydrogens (tertiary/aromatic N) is 4. The maximum absolute atomic E-state index is 6.20. The van der Waals surface area contributed by atoms with Crippen molar-refractivity contribution >= 4 is 18.3 Å². The van der Waals surface area contributed by atoms with E-state index >= 15 is 0 Å². The highest BCUT2D eigenvalue weighted by Gasteiger charge is 2.43. The second kappa shape index (κ2) is 3.20. The van der Waals surface area contributed by atoms with Gasteiger partial charge in [-0.3, -0.25) is 5.50 Å². The van der Waals surface area contributed by atoms with Gasteiger partial charge in [0.25, 0.3) is 0 Å². The predicted molar refractivity (Wildman–Crippen MR) is 58.2 cm³/mol. The third kappa shape index (κ3) is 2.00. The highest BCUT2D eigenvalue weighted by Crippen LogP contribution is 2.45. The first-order valence-electron chi connectivity index (χ1n) is 4.89. The van der Waals surface area contributed by atoms with E-state index in [2.05, 4.69) is 25.1 Å². The van der Waals surface area contributed by atoms with Crippen LogP contribution in [0.15, 0.2) is 0 Å². The molecule has 8 heteroatoms. The average molecular weight is 234 g/mol. The van der Waals surface area contributed by atoms with Gasteiger partial charge in [-0.1, -0.05) is 0 Å². The van der Waals surface area contributed by atoms with Crippen molar-refractivity contribution in [2.24, 2.45) is 5.50 Å². The van der Waals surface area contributed by atoms with Crippen molar-refractivity contribution in [3.63, 3.8) is 0 Å². The van der Waals surface area contributed by atoms with Gasteiger partial charge in [-0.2, -0.15) is 5.20 Å². The van der Waals surface area contributed by atoms with Gasteiger partial charge in [0.05, 0.1) is 0 Å². The maximum Gasteiger partial charge on any atom is 0.178 e. The molecule has 3 N–H and O–H groups in total. The molecule has 0 aromatic carbocycles. The Bertz CT molecular complexity index is 274. The van der Waals surface area contributed by atoms with Crippen LogP contribution in [0.3, 0.4) is 0 Å². The van der Waals surface area contributed by atoms with Crippen LogP contribution in [0.1, 0.15) is 0 Å². The van der Waals surface area contributed by atoms with Gasteiger partial charge in [0.15, 0.2) is 6.49 Å². The van der Waals surface area contributed by atoms with Crippen molar-refractivity contribution in [2.75, 3.05) is 39.3 Å². The van der Waals surface area contributed by atoms with Crippen LogP contribution >= 0.6 is 6.49 Å². The van der Waals surface area contributed by atoms with Gasteiger partial charge in [0, 0.05) is 39.3 Å². The standard InChI is InChI=1S/C6H15N6PS/c7-13(14,8-9-1-2-9)12(10-3-4-10)11-5-6-11/h1-6H2,(H3,7,8,14). The number of hydrogen-bond acceptors (Lipinski definition) is 4. The molecule has 0 spiro atoms. The van der Waals surface area contributed by atoms with E-state index in [1.807, 2.05) is 0 Å². The minimum atomic E-state index is -2.09. The summed E-state index contributed by atoms with van der Waals surface area (Å²) in [5, 5.41) is 9.76. The lowest BCUT2D eigenvalue weighted by Crippen LogP contribution is -2.41. The Kier molecular flexibility index (Phi) is 2.20. The molecule has 80 valence electrons. The number of nitrogens with one attached hydrogen (secondary N) is 1. The van der Waals surface area contributed by atoms with Gasteiger partial charge in [-0.25, -0.2) is 15.0 Å². The Hall–Kier alpha value is 0.410. The molecule has 3 aliphatic rings. The van der Waals surface area contributed by atoms with Gasteiger partial charge >= 0.3 is 0 Å². The lowest BCUT2D eigenvalue weighted by atomic mass is 11.0. The highest BCUT2D eigenvalue weighted by molar-refractivity contribution is 8.11. The normalized spacial score (nSPS) is 31.9. The van der Waals surface area contributed by atoms with Gasteiger partial charge in [0.1, 0.15) is 0 Å². The van der Waals surface area contributed by atoms with Crippen LogP contribution in [0.5, 0.6) is 0 Å². The summed E-state index contributed by atoms with van der Waals surface area (Å²) in [6.07, 6.45) is 0. The highest BCUT2D eigenvalue weighted by atomic mass is 32.4. The molecule has 3 rings (SSSR count). The van der Waals surface area contributed by atoms with Crippen LogP contribution in [0.25, 0.3) is 0 Å². The predicted octanol–water partition coefficient (Wildman–Crippen LogP) is -1.25. The van der Waals surface area contributed by atoms with Crippen LogP contribution < -0.4 is 10.7 Å². The quantitative estimate of drug-likeness (QED) is 0.455. The first-order valence-corrected chi connectivity index (χ1v) is 7.71. The lowest BCUT2D eigenvalue weighted by Gasteiger charge is -2.33. The largest absolute Gasteiger partial charge is 0.276 e. The summed E-state index contributed by atoms with van der Waals surface area (Å²) in [5.74, 6) is 0. The zero-order valence-corrected chi connectivity index (χ0v) is 9.68. The summed E-state index contributed by atoms with van der Waals surface area (Å²) in [5.41, 5.74) is 6.20. The van der Waals surface area contributed by atoms with E-state index < -0.39 is 6.49 Å². The fourth-order valence-electron chi connectivity index (χ4n) is 1.39. The average Bonchev–Trinajstić information content (AvgIpc) is 2.93. The summed E-state index contributed by atoms with van der Waals surface area (Å²) in [6.45, 7) is 4.42. The third-order valence-corrected chi connectivity index (χ3v) is 4.64. The van der Waals surface area contributed by atoms with Crippen molar-refractivity contribution < 1.29 is 0 Å². The summed E-state index contributed by atoms with van der Waals surface area (Å²) >= 11 is 5.49. The van der Waals surface area contributed by atoms with E-state index in [9.17, 15) is 0 Å². The van der Waals surface area contributed by atoms with E-state index in [0.717, 1.165) is 39.3 Å². The Morgan fingerprint density at radius 2 is 1.57 bits per heavy atom. The van der Waals surface area contributed by atoms with Crippen molar-refractivity contribution in [3.8, 4) is 0 Å². The second-order valence-electron chi connectivity index (χ2n) is 3.89. The van der Waals surface area contributed by atoms with Gasteiger partial charge < -0.3 is 0 Å². The molecule has 0 aliphatic carbocycles. The smallest absolute Gasteiger partial charge is 0.178 e. The molecule has 0 radical (unpaired) electrons. The zero-order chi connectivity index (χ0) is 9.76. The molecule has 1 atom stereocenters. The first kappa shape index (κ1) is 9.62. The van der Waals surface area contributed by atoms with E-state index in [1.165, 1.54) is 0 Å². The molecule has 0 aromatic rings. The molecule has 3 heterocycles. The molecular formula is C6H15N6PS. The minimum absolute atomic E-state index is 1.07. The molecule has 14 heavy (non-hydrogen) atoms. The molecule has 0 bridgehead atoms. The Morgan fingerprint density at radius 1 is 1.07 bits per heavy atom. The molecule has 1 unspecified atom stereocenters. The SMILES string of the molecule is NP(=S)(NN1CC1)N(N1CC1)N1CC1. The van der Waals surface area contributed by atoms with E-state index in [0.29, 0.717) is 0 Å². The molecule has 0 aromatic heterocycles. The van der Waals surface area contributed by atoms with Gasteiger partial charge in [0.2, 0.25) is 0 Å². The fraction of sp³-hybridized carbons (Fsp3) is 1.00. The number of hydrazine groups is 3. The lowest BCUT2D eigenvalue weighted by molar-refractivity contribution is 0.0544. The number of hydrogen-bond donors (Lipinski definition) is 2. The number of rotatable bonds is 5. The number of nitrogens with two attached hydrogens (primary N) is 1. The maximum atomic E-state index is 6.20. The molecule has 0 amide bonds. The summed E-state index contributed by atoms with van der Waals surface area (Å²) in [6, 6.07) is 0. The Labute approximate surface area is 88.7 Å². The summed E-state index contributed by atoms with van der Waals surface area (Å²) in [7, 11) is 0. The van der Waals surface area contributed by atoms with Crippen LogP contribution in [-0.4, -0.2) is 59.2 Å². The molecule has 3 aliphatic heterocycles. The van der Waals surface area contributed by atoms with Crippen LogP contribution in [0.2, 0.25) is 0 Å². The van der Waals surface area contributed by atoms with Crippen molar-refractivity contribution in [1.29, 1.82) is 0 Å². The zero-order valence-electron chi connectivity index (χ0n) is 7.96. The Balaban J connectivity index is 1.71. The molecule has 0 saturated carbocycles. The van der Waals surface area contributed by atoms with E-state index in [-0.39, 0.29) is 0 Å². The molecule has 3 fully saturated rings. The van der Waals surface area contributed by atoms with Crippen LogP contribution in [-0.2, 0) is 11.8 Å². The van der Waals surface area contributed by atoms with Crippen LogP contribution in [0.4, 0.5) is 0 Å². The molecule has 3 saturated heterocycles. The van der Waals surface area contributed by atoms with Crippen LogP contribution in [0, 0.1) is 0 Å². The van der Waals surface area contributed by atoms with E-state index in [1.54, 1.807) is 0 Å². The first-order chi connectivity index (χ1) is 6.67. The Morgan fingerprint density at radius 3 is 1.93 bits per heavy atom. The fourth-order valence-corrected chi connectivity index (χ4v) is 4.16. The monoisotopic (exact) mass is 234 g/mol. The minimum Gasteiger partial charge on any atom is -0.276 e. The summed E-state index contributed by atoms with van der Waals surface area (Å²) in [4.78, 5) is 2.10. The van der Waals surface area contributed by atoms with E-state index in [4.69, 9.17) is 17.3 Å². The van der Waals surface area contributed by atoms with Gasteiger partial charge in [-0.15, -0.1) is 4.89 Å². The van der Waals surface area contributed by atoms with Crippen molar-refractivity contribution in [2.45, 2.75) is 0 Å². The van der Waals surface area contributed by atoms with Gasteiger partial charge in [-0.05, 0) is 11.8 Å². The van der Waals surface area contributed by atoms with Crippen molar-refractivity contribution in [3.05, 3.63) is 0 Å². The summed E-state index contributed by atoms with van der Waals surface area (Å²) < 4.78 is 0.